The Kier molecular flexibility index (Phi) is 6.20. The van der Waals surface area contributed by atoms with Crippen molar-refractivity contribution in [2.75, 3.05) is 26.2 Å². The molecule has 0 aromatic carbocycles. The van der Waals surface area contributed by atoms with Crippen LogP contribution in [-0.2, 0) is 4.74 Å². The van der Waals surface area contributed by atoms with Crippen molar-refractivity contribution in [3.8, 4) is 0 Å². The normalized spacial score (nSPS) is 23.1. The Bertz CT molecular complexity index is 138. The standard InChI is InChI=1S/C12H25NO/c1-3-5-6-7-10-14-12-8-9-13(4-2)11-12/h12H,3-11H2,1-2H3/t12-/m1/s1. The predicted molar refractivity (Wildman–Crippen MR) is 60.6 cm³/mol. The third kappa shape index (κ3) is 4.43. The van der Waals surface area contributed by atoms with E-state index in [-0.39, 0.29) is 0 Å². The summed E-state index contributed by atoms with van der Waals surface area (Å²) in [6, 6.07) is 0. The van der Waals surface area contributed by atoms with Crippen LogP contribution in [0.4, 0.5) is 0 Å². The molecule has 0 N–H and O–H groups in total. The second kappa shape index (κ2) is 7.24. The monoisotopic (exact) mass is 199 g/mol. The molecule has 1 rings (SSSR count). The predicted octanol–water partition coefficient (Wildman–Crippen LogP) is 2.68. The van der Waals surface area contributed by atoms with E-state index in [0.717, 1.165) is 13.2 Å². The molecule has 1 aliphatic rings. The summed E-state index contributed by atoms with van der Waals surface area (Å²) >= 11 is 0. The van der Waals surface area contributed by atoms with Gasteiger partial charge in [-0.3, -0.25) is 0 Å². The van der Waals surface area contributed by atoms with Crippen LogP contribution < -0.4 is 0 Å². The zero-order valence-electron chi connectivity index (χ0n) is 9.80. The number of nitrogens with zero attached hydrogens (tertiary/aromatic N) is 1. The SMILES string of the molecule is CCCCCCO[C@@H]1CCN(CC)C1. The Morgan fingerprint density at radius 1 is 1.21 bits per heavy atom. The molecular weight excluding hydrogens is 174 g/mol. The van der Waals surface area contributed by atoms with Crippen LogP contribution in [0.25, 0.3) is 0 Å². The number of rotatable bonds is 7. The lowest BCUT2D eigenvalue weighted by Gasteiger charge is -2.13. The molecule has 0 aromatic rings. The van der Waals surface area contributed by atoms with Crippen LogP contribution in [0.2, 0.25) is 0 Å². The maximum absolute atomic E-state index is 5.84. The number of likely N-dealkylation sites (N-methyl/N-ethyl adjacent to an activating group) is 1. The van der Waals surface area contributed by atoms with Crippen LogP contribution in [0.1, 0.15) is 46.0 Å². The van der Waals surface area contributed by atoms with Gasteiger partial charge in [0.25, 0.3) is 0 Å². The Morgan fingerprint density at radius 2 is 2.07 bits per heavy atom. The van der Waals surface area contributed by atoms with Gasteiger partial charge in [-0.1, -0.05) is 33.1 Å². The van der Waals surface area contributed by atoms with E-state index in [4.69, 9.17) is 4.74 Å². The fourth-order valence-electron chi connectivity index (χ4n) is 2.00. The lowest BCUT2D eigenvalue weighted by Crippen LogP contribution is -2.23. The molecular formula is C12H25NO. The van der Waals surface area contributed by atoms with Crippen molar-refractivity contribution in [3.63, 3.8) is 0 Å². The highest BCUT2D eigenvalue weighted by molar-refractivity contribution is 4.74. The molecule has 1 saturated heterocycles. The largest absolute Gasteiger partial charge is 0.377 e. The van der Waals surface area contributed by atoms with Crippen molar-refractivity contribution in [2.24, 2.45) is 0 Å². The molecule has 0 bridgehead atoms. The smallest absolute Gasteiger partial charge is 0.0714 e. The second-order valence-electron chi connectivity index (χ2n) is 4.24. The maximum atomic E-state index is 5.84. The van der Waals surface area contributed by atoms with Crippen LogP contribution in [0.5, 0.6) is 0 Å². The third-order valence-electron chi connectivity index (χ3n) is 3.03. The van der Waals surface area contributed by atoms with Crippen molar-refractivity contribution < 1.29 is 4.74 Å². The summed E-state index contributed by atoms with van der Waals surface area (Å²) in [6.07, 6.45) is 7.01. The molecule has 1 fully saturated rings. The topological polar surface area (TPSA) is 12.5 Å². The minimum absolute atomic E-state index is 0.525. The van der Waals surface area contributed by atoms with Crippen molar-refractivity contribution in [3.05, 3.63) is 0 Å². The number of likely N-dealkylation sites (tertiary alicyclic amines) is 1. The first-order valence-corrected chi connectivity index (χ1v) is 6.20. The Balaban J connectivity index is 1.92. The quantitative estimate of drug-likeness (QED) is 0.584. The van der Waals surface area contributed by atoms with Gasteiger partial charge in [-0.2, -0.15) is 0 Å². The number of ether oxygens (including phenoxy) is 1. The Hall–Kier alpha value is -0.0800. The van der Waals surface area contributed by atoms with Crippen molar-refractivity contribution >= 4 is 0 Å². The number of unbranched alkanes of at least 4 members (excludes halogenated alkanes) is 3. The van der Waals surface area contributed by atoms with Gasteiger partial charge in [0, 0.05) is 19.7 Å². The van der Waals surface area contributed by atoms with Crippen LogP contribution in [0, 0.1) is 0 Å². The molecule has 0 radical (unpaired) electrons. The highest BCUT2D eigenvalue weighted by atomic mass is 16.5. The van der Waals surface area contributed by atoms with Gasteiger partial charge in [-0.25, -0.2) is 0 Å². The summed E-state index contributed by atoms with van der Waals surface area (Å²) in [5, 5.41) is 0. The van der Waals surface area contributed by atoms with Crippen LogP contribution >= 0.6 is 0 Å². The summed E-state index contributed by atoms with van der Waals surface area (Å²) in [7, 11) is 0. The molecule has 1 atom stereocenters. The fourth-order valence-corrected chi connectivity index (χ4v) is 2.00. The van der Waals surface area contributed by atoms with Crippen LogP contribution in [-0.4, -0.2) is 37.2 Å². The first kappa shape index (κ1) is 12.0. The number of hydrogen-bond donors (Lipinski definition) is 0. The lowest BCUT2D eigenvalue weighted by molar-refractivity contribution is 0.0568. The van der Waals surface area contributed by atoms with Gasteiger partial charge in [0.05, 0.1) is 6.10 Å². The van der Waals surface area contributed by atoms with Gasteiger partial charge in [-0.15, -0.1) is 0 Å². The summed E-state index contributed by atoms with van der Waals surface area (Å²) in [4.78, 5) is 2.47. The second-order valence-corrected chi connectivity index (χ2v) is 4.24. The maximum Gasteiger partial charge on any atom is 0.0714 e. The van der Waals surface area contributed by atoms with Gasteiger partial charge >= 0.3 is 0 Å². The minimum Gasteiger partial charge on any atom is -0.377 e. The van der Waals surface area contributed by atoms with E-state index < -0.39 is 0 Å². The summed E-state index contributed by atoms with van der Waals surface area (Å²) in [6.45, 7) is 9.01. The van der Waals surface area contributed by atoms with E-state index in [1.165, 1.54) is 45.2 Å². The van der Waals surface area contributed by atoms with E-state index >= 15 is 0 Å². The summed E-state index contributed by atoms with van der Waals surface area (Å²) < 4.78 is 5.84. The molecule has 0 unspecified atom stereocenters. The molecule has 0 amide bonds. The third-order valence-corrected chi connectivity index (χ3v) is 3.03. The molecule has 0 saturated carbocycles. The first-order valence-electron chi connectivity index (χ1n) is 6.20. The van der Waals surface area contributed by atoms with E-state index in [0.29, 0.717) is 6.10 Å². The molecule has 0 aromatic heterocycles. The first-order chi connectivity index (χ1) is 6.86. The number of hydrogen-bond acceptors (Lipinski definition) is 2. The van der Waals surface area contributed by atoms with Gasteiger partial charge < -0.3 is 9.64 Å². The Morgan fingerprint density at radius 3 is 2.71 bits per heavy atom. The highest BCUT2D eigenvalue weighted by Crippen LogP contribution is 2.12. The van der Waals surface area contributed by atoms with Gasteiger partial charge in [0.15, 0.2) is 0 Å². The van der Waals surface area contributed by atoms with Crippen molar-refractivity contribution in [1.29, 1.82) is 0 Å². The summed E-state index contributed by atoms with van der Waals surface area (Å²) in [5.41, 5.74) is 0. The van der Waals surface area contributed by atoms with Gasteiger partial charge in [0.2, 0.25) is 0 Å². The van der Waals surface area contributed by atoms with Gasteiger partial charge in [-0.05, 0) is 19.4 Å². The average molecular weight is 199 g/mol. The minimum atomic E-state index is 0.525. The lowest BCUT2D eigenvalue weighted by atomic mass is 10.2. The molecule has 84 valence electrons. The molecule has 2 heteroatoms. The van der Waals surface area contributed by atoms with E-state index in [2.05, 4.69) is 18.7 Å². The molecule has 1 aliphatic heterocycles. The molecule has 0 aliphatic carbocycles. The van der Waals surface area contributed by atoms with E-state index in [1.807, 2.05) is 0 Å². The Labute approximate surface area is 88.6 Å². The highest BCUT2D eigenvalue weighted by Gasteiger charge is 2.20. The van der Waals surface area contributed by atoms with Gasteiger partial charge in [0.1, 0.15) is 0 Å². The molecule has 14 heavy (non-hydrogen) atoms. The van der Waals surface area contributed by atoms with E-state index in [1.54, 1.807) is 0 Å². The van der Waals surface area contributed by atoms with E-state index in [9.17, 15) is 0 Å². The zero-order chi connectivity index (χ0) is 10.2. The molecule has 1 heterocycles. The molecule has 2 nitrogen and oxygen atoms in total. The fraction of sp³-hybridized carbons (Fsp3) is 1.00. The zero-order valence-corrected chi connectivity index (χ0v) is 9.80. The van der Waals surface area contributed by atoms with Crippen molar-refractivity contribution in [1.82, 2.24) is 4.90 Å². The van der Waals surface area contributed by atoms with Crippen molar-refractivity contribution in [2.45, 2.75) is 52.1 Å². The van der Waals surface area contributed by atoms with Crippen LogP contribution in [0.3, 0.4) is 0 Å². The average Bonchev–Trinajstić information content (AvgIpc) is 2.65. The summed E-state index contributed by atoms with van der Waals surface area (Å²) in [5.74, 6) is 0. The molecule has 0 spiro atoms. The van der Waals surface area contributed by atoms with Crippen LogP contribution in [0.15, 0.2) is 0 Å².